The molecule has 0 unspecified atom stereocenters. The first kappa shape index (κ1) is 12.7. The van der Waals surface area contributed by atoms with E-state index in [1.54, 1.807) is 0 Å². The van der Waals surface area contributed by atoms with Crippen molar-refractivity contribution in [1.29, 1.82) is 0 Å². The predicted molar refractivity (Wildman–Crippen MR) is 78.3 cm³/mol. The SMILES string of the molecule is CC(=NN1C(=O)CSC1=S)c1ccc(Br)cc1. The van der Waals surface area contributed by atoms with Gasteiger partial charge in [-0.3, -0.25) is 4.79 Å². The first-order valence-electron chi connectivity index (χ1n) is 4.89. The normalized spacial score (nSPS) is 16.8. The second-order valence-electron chi connectivity index (χ2n) is 3.45. The number of thiocarbonyl (C=S) groups is 1. The third-order valence-corrected chi connectivity index (χ3v) is 4.11. The van der Waals surface area contributed by atoms with E-state index in [2.05, 4.69) is 21.0 Å². The van der Waals surface area contributed by atoms with Gasteiger partial charge in [0.05, 0.1) is 11.5 Å². The lowest BCUT2D eigenvalue weighted by Crippen LogP contribution is -2.24. The van der Waals surface area contributed by atoms with Crippen LogP contribution >= 0.6 is 39.9 Å². The molecule has 88 valence electrons. The van der Waals surface area contributed by atoms with E-state index in [1.807, 2.05) is 31.2 Å². The Hall–Kier alpha value is -0.720. The summed E-state index contributed by atoms with van der Waals surface area (Å²) >= 11 is 9.78. The van der Waals surface area contributed by atoms with Crippen LogP contribution in [0, 0.1) is 0 Å². The van der Waals surface area contributed by atoms with Crippen LogP contribution in [0.5, 0.6) is 0 Å². The number of hydrazone groups is 1. The minimum Gasteiger partial charge on any atom is -0.272 e. The summed E-state index contributed by atoms with van der Waals surface area (Å²) in [6.45, 7) is 1.86. The Kier molecular flexibility index (Phi) is 3.96. The molecule has 1 heterocycles. The van der Waals surface area contributed by atoms with E-state index >= 15 is 0 Å². The molecule has 1 aliphatic rings. The van der Waals surface area contributed by atoms with Gasteiger partial charge in [-0.05, 0) is 24.6 Å². The highest BCUT2D eigenvalue weighted by atomic mass is 79.9. The van der Waals surface area contributed by atoms with E-state index in [4.69, 9.17) is 12.2 Å². The summed E-state index contributed by atoms with van der Waals surface area (Å²) in [5, 5.41) is 5.56. The second kappa shape index (κ2) is 5.29. The molecule has 2 rings (SSSR count). The zero-order valence-corrected chi connectivity index (χ0v) is 12.2. The smallest absolute Gasteiger partial charge is 0.259 e. The van der Waals surface area contributed by atoms with Crippen molar-refractivity contribution in [3.63, 3.8) is 0 Å². The molecule has 3 nitrogen and oxygen atoms in total. The highest BCUT2D eigenvalue weighted by Crippen LogP contribution is 2.20. The van der Waals surface area contributed by atoms with Gasteiger partial charge in [0, 0.05) is 4.47 Å². The fourth-order valence-electron chi connectivity index (χ4n) is 1.34. The monoisotopic (exact) mass is 328 g/mol. The molecule has 1 aromatic rings. The lowest BCUT2D eigenvalue weighted by atomic mass is 10.1. The molecule has 0 saturated carbocycles. The summed E-state index contributed by atoms with van der Waals surface area (Å²) in [6.07, 6.45) is 0. The fraction of sp³-hybridized carbons (Fsp3) is 0.182. The van der Waals surface area contributed by atoms with E-state index in [-0.39, 0.29) is 5.91 Å². The minimum atomic E-state index is -0.0588. The third kappa shape index (κ3) is 2.94. The lowest BCUT2D eigenvalue weighted by molar-refractivity contribution is -0.124. The Balaban J connectivity index is 2.24. The number of halogens is 1. The lowest BCUT2D eigenvalue weighted by Gasteiger charge is -2.09. The summed E-state index contributed by atoms with van der Waals surface area (Å²) in [4.78, 5) is 11.5. The van der Waals surface area contributed by atoms with Crippen LogP contribution in [0.4, 0.5) is 0 Å². The first-order chi connectivity index (χ1) is 8.08. The topological polar surface area (TPSA) is 32.7 Å². The summed E-state index contributed by atoms with van der Waals surface area (Å²) in [7, 11) is 0. The Bertz CT molecular complexity index is 483. The van der Waals surface area contributed by atoms with Crippen molar-refractivity contribution in [3.05, 3.63) is 34.3 Å². The van der Waals surface area contributed by atoms with E-state index in [1.165, 1.54) is 16.8 Å². The third-order valence-electron chi connectivity index (χ3n) is 2.24. The quantitative estimate of drug-likeness (QED) is 0.618. The Morgan fingerprint density at radius 1 is 1.47 bits per heavy atom. The Morgan fingerprint density at radius 2 is 2.12 bits per heavy atom. The van der Waals surface area contributed by atoms with E-state index in [0.29, 0.717) is 10.1 Å². The van der Waals surface area contributed by atoms with Crippen molar-refractivity contribution in [2.24, 2.45) is 5.10 Å². The summed E-state index contributed by atoms with van der Waals surface area (Å²) in [5.41, 5.74) is 1.75. The number of hydrogen-bond acceptors (Lipinski definition) is 4. The number of amides is 1. The van der Waals surface area contributed by atoms with Gasteiger partial charge in [0.2, 0.25) is 0 Å². The molecular weight excluding hydrogens is 320 g/mol. The number of hydrogen-bond donors (Lipinski definition) is 0. The van der Waals surface area contributed by atoms with Crippen LogP contribution in [0.2, 0.25) is 0 Å². The first-order valence-corrected chi connectivity index (χ1v) is 7.07. The minimum absolute atomic E-state index is 0.0588. The molecule has 0 aromatic heterocycles. The molecule has 0 atom stereocenters. The molecule has 0 bridgehead atoms. The van der Waals surface area contributed by atoms with Gasteiger partial charge in [-0.25, -0.2) is 0 Å². The van der Waals surface area contributed by atoms with Gasteiger partial charge in [-0.15, -0.1) is 0 Å². The van der Waals surface area contributed by atoms with E-state index in [0.717, 1.165) is 15.7 Å². The van der Waals surface area contributed by atoms with Crippen LogP contribution < -0.4 is 0 Å². The van der Waals surface area contributed by atoms with Crippen LogP contribution in [0.3, 0.4) is 0 Å². The maximum Gasteiger partial charge on any atom is 0.259 e. The Morgan fingerprint density at radius 3 is 2.65 bits per heavy atom. The molecule has 0 radical (unpaired) electrons. The standard InChI is InChI=1S/C11H9BrN2OS2/c1-7(8-2-4-9(12)5-3-8)13-14-10(15)6-17-11(14)16/h2-5H,6H2,1H3. The van der Waals surface area contributed by atoms with Gasteiger partial charge in [-0.1, -0.05) is 52.0 Å². The largest absolute Gasteiger partial charge is 0.272 e. The predicted octanol–water partition coefficient (Wildman–Crippen LogP) is 3.03. The number of nitrogens with zero attached hydrogens (tertiary/aromatic N) is 2. The number of thioether (sulfide) groups is 1. The van der Waals surface area contributed by atoms with Crippen LogP contribution in [0.15, 0.2) is 33.8 Å². The van der Waals surface area contributed by atoms with Crippen molar-refractivity contribution >= 4 is 55.8 Å². The molecule has 1 aromatic carbocycles. The number of carbonyl (C=O) groups excluding carboxylic acids is 1. The van der Waals surface area contributed by atoms with Gasteiger partial charge < -0.3 is 0 Å². The zero-order chi connectivity index (χ0) is 12.4. The average Bonchev–Trinajstić information content (AvgIpc) is 2.61. The second-order valence-corrected chi connectivity index (χ2v) is 5.98. The van der Waals surface area contributed by atoms with Gasteiger partial charge in [0.1, 0.15) is 0 Å². The Labute approximate surface area is 117 Å². The molecule has 1 amide bonds. The summed E-state index contributed by atoms with van der Waals surface area (Å²) in [5.74, 6) is 0.326. The van der Waals surface area contributed by atoms with E-state index in [9.17, 15) is 4.79 Å². The number of benzene rings is 1. The van der Waals surface area contributed by atoms with Crippen molar-refractivity contribution < 1.29 is 4.79 Å². The molecule has 0 aliphatic carbocycles. The van der Waals surface area contributed by atoms with Gasteiger partial charge in [-0.2, -0.15) is 10.1 Å². The van der Waals surface area contributed by atoms with Crippen molar-refractivity contribution in [2.45, 2.75) is 6.92 Å². The fourth-order valence-corrected chi connectivity index (χ4v) is 2.56. The maximum absolute atomic E-state index is 11.5. The van der Waals surface area contributed by atoms with Gasteiger partial charge in [0.25, 0.3) is 5.91 Å². The number of carbonyl (C=O) groups is 1. The van der Waals surface area contributed by atoms with Crippen molar-refractivity contribution in [3.8, 4) is 0 Å². The maximum atomic E-state index is 11.5. The van der Waals surface area contributed by atoms with Gasteiger partial charge in [0.15, 0.2) is 4.32 Å². The van der Waals surface area contributed by atoms with Gasteiger partial charge >= 0.3 is 0 Å². The van der Waals surface area contributed by atoms with Crippen LogP contribution in [-0.4, -0.2) is 26.7 Å². The number of rotatable bonds is 2. The molecule has 0 spiro atoms. The molecule has 17 heavy (non-hydrogen) atoms. The highest BCUT2D eigenvalue weighted by Gasteiger charge is 2.26. The van der Waals surface area contributed by atoms with Crippen molar-refractivity contribution in [1.82, 2.24) is 5.01 Å². The summed E-state index contributed by atoms with van der Waals surface area (Å²) in [6, 6.07) is 7.76. The molecule has 1 aliphatic heterocycles. The van der Waals surface area contributed by atoms with Crippen LogP contribution in [-0.2, 0) is 4.79 Å². The highest BCUT2D eigenvalue weighted by molar-refractivity contribution is 9.10. The van der Waals surface area contributed by atoms with Crippen LogP contribution in [0.1, 0.15) is 12.5 Å². The molecule has 6 heteroatoms. The summed E-state index contributed by atoms with van der Waals surface area (Å²) < 4.78 is 1.53. The zero-order valence-electron chi connectivity index (χ0n) is 9.01. The van der Waals surface area contributed by atoms with Crippen LogP contribution in [0.25, 0.3) is 0 Å². The molecule has 0 N–H and O–H groups in total. The van der Waals surface area contributed by atoms with E-state index < -0.39 is 0 Å². The van der Waals surface area contributed by atoms with Crippen molar-refractivity contribution in [2.75, 3.05) is 5.75 Å². The molecular formula is C11H9BrN2OS2. The molecule has 1 fully saturated rings. The molecule has 1 saturated heterocycles. The average molecular weight is 329 g/mol.